The van der Waals surface area contributed by atoms with Crippen LogP contribution in [0, 0.1) is 5.92 Å². The Morgan fingerprint density at radius 3 is 2.52 bits per heavy atom. The molecule has 0 radical (unpaired) electrons. The molecule has 1 aromatic rings. The number of rotatable bonds is 4. The summed E-state index contributed by atoms with van der Waals surface area (Å²) in [7, 11) is 0. The summed E-state index contributed by atoms with van der Waals surface area (Å²) < 4.78 is 11.1. The average Bonchev–Trinajstić information content (AvgIpc) is 3.15. The SMILES string of the molecule is O=C(O)[C@H]1CC[C@@H](C2CCN(c3nc(C4CCC4)no3)CC2)O1. The van der Waals surface area contributed by atoms with E-state index in [1.807, 2.05) is 0 Å². The van der Waals surface area contributed by atoms with Crippen LogP contribution in [0.4, 0.5) is 6.01 Å². The molecule has 4 rings (SSSR count). The molecule has 7 nitrogen and oxygen atoms in total. The first-order valence-electron chi connectivity index (χ1n) is 8.67. The lowest BCUT2D eigenvalue weighted by atomic mass is 9.85. The van der Waals surface area contributed by atoms with E-state index in [-0.39, 0.29) is 6.10 Å². The van der Waals surface area contributed by atoms with E-state index in [2.05, 4.69) is 15.0 Å². The number of carbonyl (C=O) groups is 1. The number of nitrogens with zero attached hydrogens (tertiary/aromatic N) is 3. The van der Waals surface area contributed by atoms with Crippen LogP contribution in [0.15, 0.2) is 4.52 Å². The summed E-state index contributed by atoms with van der Waals surface area (Å²) in [6.07, 6.45) is 6.54. The van der Waals surface area contributed by atoms with Crippen LogP contribution in [-0.2, 0) is 9.53 Å². The highest BCUT2D eigenvalue weighted by Crippen LogP contribution is 2.36. The minimum Gasteiger partial charge on any atom is -0.479 e. The van der Waals surface area contributed by atoms with Gasteiger partial charge >= 0.3 is 12.0 Å². The lowest BCUT2D eigenvalue weighted by Crippen LogP contribution is -2.38. The van der Waals surface area contributed by atoms with Crippen LogP contribution < -0.4 is 4.90 Å². The van der Waals surface area contributed by atoms with Gasteiger partial charge in [-0.1, -0.05) is 11.6 Å². The minimum absolute atomic E-state index is 0.0893. The summed E-state index contributed by atoms with van der Waals surface area (Å²) in [5.74, 6) is 0.950. The van der Waals surface area contributed by atoms with Crippen molar-refractivity contribution < 1.29 is 19.2 Å². The Morgan fingerprint density at radius 2 is 1.91 bits per heavy atom. The summed E-state index contributed by atoms with van der Waals surface area (Å²) in [5, 5.41) is 13.2. The van der Waals surface area contributed by atoms with E-state index in [0.29, 0.717) is 24.3 Å². The molecule has 1 aromatic heterocycles. The molecule has 3 fully saturated rings. The fourth-order valence-corrected chi connectivity index (χ4v) is 3.84. The minimum atomic E-state index is -0.834. The predicted octanol–water partition coefficient (Wildman–Crippen LogP) is 2.19. The third-order valence-corrected chi connectivity index (χ3v) is 5.57. The van der Waals surface area contributed by atoms with E-state index in [9.17, 15) is 4.79 Å². The largest absolute Gasteiger partial charge is 0.479 e. The van der Waals surface area contributed by atoms with Gasteiger partial charge in [0.1, 0.15) is 0 Å². The fraction of sp³-hybridized carbons (Fsp3) is 0.812. The van der Waals surface area contributed by atoms with E-state index < -0.39 is 12.1 Å². The summed E-state index contributed by atoms with van der Waals surface area (Å²) in [5.41, 5.74) is 0. The smallest absolute Gasteiger partial charge is 0.332 e. The maximum atomic E-state index is 11.0. The molecule has 3 aliphatic rings. The highest BCUT2D eigenvalue weighted by Gasteiger charge is 2.37. The average molecular weight is 321 g/mol. The van der Waals surface area contributed by atoms with Crippen molar-refractivity contribution in [1.29, 1.82) is 0 Å². The normalized spacial score (nSPS) is 29.7. The standard InChI is InChI=1S/C16H23N3O4/c20-15(21)13-5-4-12(22-13)10-6-8-19(9-7-10)16-17-14(18-23-16)11-2-1-3-11/h10-13H,1-9H2,(H,20,21)/t12-,13+/m0/s1. The monoisotopic (exact) mass is 321 g/mol. The number of hydrogen-bond donors (Lipinski definition) is 1. The Morgan fingerprint density at radius 1 is 1.13 bits per heavy atom. The van der Waals surface area contributed by atoms with Gasteiger partial charge < -0.3 is 19.3 Å². The summed E-state index contributed by atoms with van der Waals surface area (Å²) in [4.78, 5) is 17.7. The Balaban J connectivity index is 1.30. The summed E-state index contributed by atoms with van der Waals surface area (Å²) in [6.45, 7) is 1.74. The van der Waals surface area contributed by atoms with Gasteiger partial charge in [-0.05, 0) is 44.4 Å². The van der Waals surface area contributed by atoms with Crippen molar-refractivity contribution in [2.75, 3.05) is 18.0 Å². The molecule has 0 amide bonds. The molecule has 0 aromatic carbocycles. The van der Waals surface area contributed by atoms with Crippen LogP contribution in [-0.4, -0.2) is 46.5 Å². The van der Waals surface area contributed by atoms with Gasteiger partial charge in [-0.3, -0.25) is 0 Å². The van der Waals surface area contributed by atoms with Crippen molar-refractivity contribution in [2.24, 2.45) is 5.92 Å². The molecule has 23 heavy (non-hydrogen) atoms. The first-order chi connectivity index (χ1) is 11.2. The van der Waals surface area contributed by atoms with E-state index >= 15 is 0 Å². The van der Waals surface area contributed by atoms with Gasteiger partial charge in [0.2, 0.25) is 0 Å². The molecule has 2 atom stereocenters. The van der Waals surface area contributed by atoms with Crippen molar-refractivity contribution in [3.63, 3.8) is 0 Å². The second-order valence-electron chi connectivity index (χ2n) is 6.97. The molecule has 1 saturated carbocycles. The third kappa shape index (κ3) is 2.94. The molecule has 3 heterocycles. The van der Waals surface area contributed by atoms with Crippen molar-refractivity contribution >= 4 is 12.0 Å². The molecule has 2 saturated heterocycles. The summed E-state index contributed by atoms with van der Waals surface area (Å²) in [6, 6.07) is 0.640. The van der Waals surface area contributed by atoms with Crippen molar-refractivity contribution in [3.8, 4) is 0 Å². The van der Waals surface area contributed by atoms with Crippen LogP contribution in [0.2, 0.25) is 0 Å². The quantitative estimate of drug-likeness (QED) is 0.909. The lowest BCUT2D eigenvalue weighted by Gasteiger charge is -2.33. The number of hydrogen-bond acceptors (Lipinski definition) is 6. The molecule has 0 bridgehead atoms. The maximum absolute atomic E-state index is 11.0. The zero-order valence-corrected chi connectivity index (χ0v) is 13.2. The number of carboxylic acids is 1. The van der Waals surface area contributed by atoms with E-state index in [1.165, 1.54) is 19.3 Å². The van der Waals surface area contributed by atoms with Gasteiger partial charge in [0.15, 0.2) is 11.9 Å². The van der Waals surface area contributed by atoms with Gasteiger partial charge in [-0.25, -0.2) is 4.79 Å². The predicted molar refractivity (Wildman–Crippen MR) is 81.4 cm³/mol. The number of aliphatic carboxylic acids is 1. The second kappa shape index (κ2) is 6.11. The molecule has 0 unspecified atom stereocenters. The van der Waals surface area contributed by atoms with Gasteiger partial charge in [-0.15, -0.1) is 0 Å². The molecular weight excluding hydrogens is 298 g/mol. The number of piperidine rings is 1. The van der Waals surface area contributed by atoms with Crippen LogP contribution in [0.5, 0.6) is 0 Å². The topological polar surface area (TPSA) is 88.7 Å². The zero-order valence-electron chi connectivity index (χ0n) is 13.2. The van der Waals surface area contributed by atoms with Crippen molar-refractivity contribution in [2.45, 2.75) is 63.1 Å². The van der Waals surface area contributed by atoms with E-state index in [1.54, 1.807) is 0 Å². The van der Waals surface area contributed by atoms with Crippen molar-refractivity contribution in [3.05, 3.63) is 5.82 Å². The van der Waals surface area contributed by atoms with Crippen molar-refractivity contribution in [1.82, 2.24) is 10.1 Å². The van der Waals surface area contributed by atoms with E-state index in [4.69, 9.17) is 14.4 Å². The lowest BCUT2D eigenvalue weighted by molar-refractivity contribution is -0.150. The van der Waals surface area contributed by atoms with E-state index in [0.717, 1.165) is 38.2 Å². The van der Waals surface area contributed by atoms with Crippen LogP contribution in [0.25, 0.3) is 0 Å². The Labute approximate surface area is 135 Å². The molecular formula is C16H23N3O4. The Bertz CT molecular complexity index is 563. The molecule has 1 N–H and O–H groups in total. The molecule has 126 valence electrons. The number of anilines is 1. The first kappa shape index (κ1) is 14.9. The van der Waals surface area contributed by atoms with Gasteiger partial charge in [0.25, 0.3) is 0 Å². The van der Waals surface area contributed by atoms with Crippen LogP contribution in [0.3, 0.4) is 0 Å². The summed E-state index contributed by atoms with van der Waals surface area (Å²) >= 11 is 0. The number of ether oxygens (including phenoxy) is 1. The first-order valence-corrected chi connectivity index (χ1v) is 8.67. The van der Waals surface area contributed by atoms with Gasteiger partial charge in [0, 0.05) is 19.0 Å². The number of carboxylic acid groups (broad SMARTS) is 1. The third-order valence-electron chi connectivity index (χ3n) is 5.57. The van der Waals surface area contributed by atoms with Crippen LogP contribution in [0.1, 0.15) is 56.7 Å². The highest BCUT2D eigenvalue weighted by molar-refractivity contribution is 5.72. The maximum Gasteiger partial charge on any atom is 0.332 e. The Kier molecular flexibility index (Phi) is 3.97. The number of aromatic nitrogens is 2. The second-order valence-corrected chi connectivity index (χ2v) is 6.97. The van der Waals surface area contributed by atoms with Crippen LogP contribution >= 0.6 is 0 Å². The van der Waals surface area contributed by atoms with Gasteiger partial charge in [0.05, 0.1) is 6.10 Å². The fourth-order valence-electron chi connectivity index (χ4n) is 3.84. The molecule has 0 spiro atoms. The molecule has 2 aliphatic heterocycles. The molecule has 7 heteroatoms. The zero-order chi connectivity index (χ0) is 15.8. The van der Waals surface area contributed by atoms with Gasteiger partial charge in [-0.2, -0.15) is 4.98 Å². The highest BCUT2D eigenvalue weighted by atomic mass is 16.5. The molecule has 1 aliphatic carbocycles. The Hall–Kier alpha value is -1.63.